The molecule has 0 saturated carbocycles. The highest BCUT2D eigenvalue weighted by atomic mass is 79.9. The molecule has 21 heavy (non-hydrogen) atoms. The molecule has 0 fully saturated rings. The Morgan fingerprint density at radius 3 is 1.81 bits per heavy atom. The van der Waals surface area contributed by atoms with Gasteiger partial charge in [-0.05, 0) is 44.0 Å². The fourth-order valence-corrected chi connectivity index (χ4v) is 2.18. The highest BCUT2D eigenvalue weighted by molar-refractivity contribution is 9.11. The van der Waals surface area contributed by atoms with Crippen LogP contribution in [0.4, 0.5) is 36.4 Å². The van der Waals surface area contributed by atoms with Crippen molar-refractivity contribution in [3.05, 3.63) is 21.3 Å². The van der Waals surface area contributed by atoms with Crippen LogP contribution in [0.15, 0.2) is 21.3 Å². The molecule has 0 atom stereocenters. The molecular weight excluding hydrogens is 445 g/mol. The maximum absolute atomic E-state index is 13.1. The van der Waals surface area contributed by atoms with Crippen molar-refractivity contribution in [3.63, 3.8) is 0 Å². The molecule has 1 N–H and O–H groups in total. The van der Waals surface area contributed by atoms with E-state index in [1.54, 1.807) is 0 Å². The average molecular weight is 448 g/mol. The van der Waals surface area contributed by atoms with E-state index in [1.165, 1.54) is 5.32 Å². The summed E-state index contributed by atoms with van der Waals surface area (Å²) in [6.45, 7) is 0. The Kier molecular flexibility index (Phi) is 4.93. The molecule has 0 aliphatic carbocycles. The van der Waals surface area contributed by atoms with Crippen LogP contribution in [0.25, 0.3) is 0 Å². The van der Waals surface area contributed by atoms with Gasteiger partial charge in [-0.1, -0.05) is 0 Å². The Hall–Kier alpha value is -0.910. The van der Waals surface area contributed by atoms with E-state index in [1.807, 2.05) is 0 Å². The van der Waals surface area contributed by atoms with E-state index in [9.17, 15) is 35.5 Å². The summed E-state index contributed by atoms with van der Waals surface area (Å²) in [7, 11) is 0. The summed E-state index contributed by atoms with van der Waals surface area (Å²) in [5.74, 6) is -15.3. The number of carbonyl (C=O) groups is 1. The van der Waals surface area contributed by atoms with Crippen LogP contribution in [0.5, 0.6) is 0 Å². The van der Waals surface area contributed by atoms with Crippen LogP contribution in [0.3, 0.4) is 0 Å². The van der Waals surface area contributed by atoms with E-state index in [0.29, 0.717) is 0 Å². The fourth-order valence-electron chi connectivity index (χ4n) is 1.07. The lowest BCUT2D eigenvalue weighted by molar-refractivity contribution is -0.343. The minimum atomic E-state index is -6.58. The molecule has 0 aliphatic heterocycles. The van der Waals surface area contributed by atoms with Crippen LogP contribution in [0.2, 0.25) is 0 Å². The zero-order valence-corrected chi connectivity index (χ0v) is 12.6. The van der Waals surface area contributed by atoms with Crippen LogP contribution in [0.1, 0.15) is 0 Å². The summed E-state index contributed by atoms with van der Waals surface area (Å²) in [6.07, 6.45) is -6.58. The van der Waals surface area contributed by atoms with Crippen molar-refractivity contribution in [1.82, 2.24) is 4.98 Å². The summed E-state index contributed by atoms with van der Waals surface area (Å²) >= 11 is 5.63. The molecule has 12 heteroatoms. The Balaban J connectivity index is 3.07. The number of halogens is 9. The first-order valence-electron chi connectivity index (χ1n) is 4.76. The lowest BCUT2D eigenvalue weighted by Gasteiger charge is -2.27. The summed E-state index contributed by atoms with van der Waals surface area (Å²) in [4.78, 5) is 14.7. The highest BCUT2D eigenvalue weighted by Gasteiger charge is 2.76. The monoisotopic (exact) mass is 446 g/mol. The van der Waals surface area contributed by atoms with E-state index in [0.717, 1.165) is 12.1 Å². The normalized spacial score (nSPS) is 13.2. The van der Waals surface area contributed by atoms with Crippen molar-refractivity contribution in [2.24, 2.45) is 0 Å². The van der Waals surface area contributed by atoms with Crippen molar-refractivity contribution in [2.75, 3.05) is 5.32 Å². The predicted octanol–water partition coefficient (Wildman–Crippen LogP) is 4.38. The summed E-state index contributed by atoms with van der Waals surface area (Å²) < 4.78 is 87.2. The van der Waals surface area contributed by atoms with Crippen LogP contribution in [0, 0.1) is 0 Å². The number of alkyl halides is 7. The third-order valence-electron chi connectivity index (χ3n) is 2.06. The Labute approximate surface area is 129 Å². The highest BCUT2D eigenvalue weighted by Crippen LogP contribution is 2.46. The van der Waals surface area contributed by atoms with Crippen molar-refractivity contribution in [1.29, 1.82) is 0 Å². The van der Waals surface area contributed by atoms with Gasteiger partial charge >= 0.3 is 23.9 Å². The van der Waals surface area contributed by atoms with Gasteiger partial charge in [0.15, 0.2) is 0 Å². The molecular formula is C9H3Br2F7N2O. The van der Waals surface area contributed by atoms with Crippen molar-refractivity contribution in [2.45, 2.75) is 18.0 Å². The molecule has 118 valence electrons. The van der Waals surface area contributed by atoms with E-state index in [-0.39, 0.29) is 9.21 Å². The minimum absolute atomic E-state index is 0.0260. The van der Waals surface area contributed by atoms with Gasteiger partial charge in [0.25, 0.3) is 0 Å². The van der Waals surface area contributed by atoms with Gasteiger partial charge in [0, 0.05) is 5.69 Å². The topological polar surface area (TPSA) is 42.0 Å². The van der Waals surface area contributed by atoms with Gasteiger partial charge in [0.2, 0.25) is 0 Å². The van der Waals surface area contributed by atoms with Gasteiger partial charge in [0.1, 0.15) is 9.21 Å². The van der Waals surface area contributed by atoms with Gasteiger partial charge in [-0.2, -0.15) is 30.7 Å². The first-order chi connectivity index (χ1) is 9.29. The van der Waals surface area contributed by atoms with Crippen molar-refractivity contribution in [3.8, 4) is 0 Å². The Morgan fingerprint density at radius 1 is 1.00 bits per heavy atom. The largest absolute Gasteiger partial charge is 0.460 e. The first kappa shape index (κ1) is 18.1. The van der Waals surface area contributed by atoms with Crippen LogP contribution in [-0.2, 0) is 4.79 Å². The average Bonchev–Trinajstić information content (AvgIpc) is 2.25. The minimum Gasteiger partial charge on any atom is -0.320 e. The number of carbonyl (C=O) groups excluding carboxylic acids is 1. The number of pyridine rings is 1. The maximum Gasteiger partial charge on any atom is 0.460 e. The molecule has 1 heterocycles. The number of aromatic nitrogens is 1. The van der Waals surface area contributed by atoms with Gasteiger partial charge in [-0.25, -0.2) is 4.98 Å². The second-order valence-corrected chi connectivity index (χ2v) is 5.23. The summed E-state index contributed by atoms with van der Waals surface area (Å²) in [5.41, 5.74) is -0.452. The third-order valence-corrected chi connectivity index (χ3v) is 2.87. The molecule has 0 spiro atoms. The summed E-state index contributed by atoms with van der Waals surface area (Å²) in [5, 5.41) is 1.27. The van der Waals surface area contributed by atoms with Crippen molar-refractivity contribution < 1.29 is 35.5 Å². The molecule has 1 aromatic rings. The van der Waals surface area contributed by atoms with E-state index < -0.39 is 29.6 Å². The molecule has 0 radical (unpaired) electrons. The second-order valence-electron chi connectivity index (χ2n) is 3.60. The van der Waals surface area contributed by atoms with E-state index in [4.69, 9.17) is 0 Å². The zero-order valence-electron chi connectivity index (χ0n) is 9.41. The van der Waals surface area contributed by atoms with Gasteiger partial charge < -0.3 is 5.32 Å². The lowest BCUT2D eigenvalue weighted by Crippen LogP contribution is -2.57. The number of rotatable bonds is 3. The maximum atomic E-state index is 13.1. The standard InChI is InChI=1S/C9H3Br2F7N2O/c10-4-1-3(2-5(11)20-4)19-6(21)7(12,13)8(14,15)9(16,17)18/h1-2H,(H,19,20,21). The molecule has 1 rings (SSSR count). The molecule has 1 aromatic heterocycles. The first-order valence-corrected chi connectivity index (χ1v) is 6.34. The predicted molar refractivity (Wildman–Crippen MR) is 64.2 cm³/mol. The van der Waals surface area contributed by atoms with Crippen LogP contribution in [-0.4, -0.2) is 28.9 Å². The van der Waals surface area contributed by atoms with Gasteiger partial charge in [0.05, 0.1) is 0 Å². The summed E-state index contributed by atoms with van der Waals surface area (Å²) in [6, 6.07) is 1.87. The van der Waals surface area contributed by atoms with Crippen LogP contribution < -0.4 is 5.32 Å². The van der Waals surface area contributed by atoms with Crippen molar-refractivity contribution >= 4 is 43.5 Å². The number of hydrogen-bond donors (Lipinski definition) is 1. The number of hydrogen-bond acceptors (Lipinski definition) is 2. The molecule has 0 unspecified atom stereocenters. The molecule has 0 aromatic carbocycles. The molecule has 3 nitrogen and oxygen atoms in total. The molecule has 0 bridgehead atoms. The number of amides is 1. The Morgan fingerprint density at radius 2 is 1.43 bits per heavy atom. The molecule has 0 saturated heterocycles. The number of nitrogens with one attached hydrogen (secondary N) is 1. The van der Waals surface area contributed by atoms with Crippen LogP contribution >= 0.6 is 31.9 Å². The van der Waals surface area contributed by atoms with E-state index >= 15 is 0 Å². The second kappa shape index (κ2) is 5.71. The third kappa shape index (κ3) is 3.65. The molecule has 1 amide bonds. The zero-order chi connectivity index (χ0) is 16.6. The number of nitrogens with zero attached hydrogens (tertiary/aromatic N) is 1. The van der Waals surface area contributed by atoms with E-state index in [2.05, 4.69) is 36.8 Å². The smallest absolute Gasteiger partial charge is 0.320 e. The van der Waals surface area contributed by atoms with Gasteiger partial charge in [-0.15, -0.1) is 0 Å². The quantitative estimate of drug-likeness (QED) is 0.552. The number of anilines is 1. The van der Waals surface area contributed by atoms with Gasteiger partial charge in [-0.3, -0.25) is 4.79 Å². The molecule has 0 aliphatic rings. The lowest BCUT2D eigenvalue weighted by atomic mass is 10.1. The Bertz CT molecular complexity index is 541. The fraction of sp³-hybridized carbons (Fsp3) is 0.333. The SMILES string of the molecule is O=C(Nc1cc(Br)nc(Br)c1)C(F)(F)C(F)(F)C(F)(F)F.